The predicted octanol–water partition coefficient (Wildman–Crippen LogP) is 2.00. The van der Waals surface area contributed by atoms with Crippen LogP contribution in [-0.2, 0) is 4.79 Å². The molecule has 0 bridgehead atoms. The summed E-state index contributed by atoms with van der Waals surface area (Å²) in [6.07, 6.45) is 1.67. The van der Waals surface area contributed by atoms with E-state index < -0.39 is 5.91 Å². The molecule has 0 radical (unpaired) electrons. The largest absolute Gasteiger partial charge is 0.366 e. The van der Waals surface area contributed by atoms with E-state index in [0.717, 1.165) is 5.56 Å². The second-order valence-corrected chi connectivity index (χ2v) is 3.01. The molecule has 0 aromatic heterocycles. The molecule has 1 amide bonds. The number of allylic oxidation sites excluding steroid dienone is 1. The van der Waals surface area contributed by atoms with Gasteiger partial charge < -0.3 is 5.73 Å². The molecule has 1 aromatic carbocycles. The highest BCUT2D eigenvalue weighted by Gasteiger charge is 2.14. The van der Waals surface area contributed by atoms with Crippen molar-refractivity contribution in [2.75, 3.05) is 0 Å². The summed E-state index contributed by atoms with van der Waals surface area (Å²) in [5.74, 6) is -0.674. The van der Waals surface area contributed by atoms with Crippen LogP contribution in [0.5, 0.6) is 0 Å². The molecule has 1 rings (SSSR count). The summed E-state index contributed by atoms with van der Waals surface area (Å²) in [4.78, 5) is 10.9. The van der Waals surface area contributed by atoms with E-state index >= 15 is 0 Å². The Bertz CT molecular complexity index is 354. The van der Waals surface area contributed by atoms with E-state index in [1.807, 2.05) is 30.3 Å². The number of nitrogens with two attached hydrogens (primary N) is 1. The van der Waals surface area contributed by atoms with Crippen molar-refractivity contribution in [1.29, 1.82) is 0 Å². The van der Waals surface area contributed by atoms with E-state index in [1.54, 1.807) is 6.08 Å². The Labute approximate surface area is 83.7 Å². The van der Waals surface area contributed by atoms with Crippen molar-refractivity contribution < 1.29 is 4.79 Å². The summed E-state index contributed by atoms with van der Waals surface area (Å²) < 4.78 is 0. The minimum Gasteiger partial charge on any atom is -0.366 e. The highest BCUT2D eigenvalue weighted by atomic mass is 16.1. The van der Waals surface area contributed by atoms with Crippen LogP contribution < -0.4 is 5.73 Å². The van der Waals surface area contributed by atoms with Gasteiger partial charge in [-0.1, -0.05) is 43.0 Å². The number of hydrogen-bond donors (Lipinski definition) is 1. The zero-order valence-corrected chi connectivity index (χ0v) is 7.94. The lowest BCUT2D eigenvalue weighted by molar-refractivity contribution is -0.114. The maximum absolute atomic E-state index is 10.9. The number of carbonyl (C=O) groups excluding carboxylic acids is 1. The fraction of sp³-hybridized carbons (Fsp3) is 0.0833. The van der Waals surface area contributed by atoms with Crippen molar-refractivity contribution in [3.8, 4) is 0 Å². The molecule has 72 valence electrons. The van der Waals surface area contributed by atoms with Crippen LogP contribution in [0, 0.1) is 0 Å². The molecule has 14 heavy (non-hydrogen) atoms. The fourth-order valence-corrected chi connectivity index (χ4v) is 1.29. The lowest BCUT2D eigenvalue weighted by Crippen LogP contribution is -2.17. The molecule has 0 fully saturated rings. The van der Waals surface area contributed by atoms with Crippen molar-refractivity contribution in [2.24, 2.45) is 5.73 Å². The fourth-order valence-electron chi connectivity index (χ4n) is 1.29. The molecule has 2 N–H and O–H groups in total. The van der Waals surface area contributed by atoms with E-state index in [-0.39, 0.29) is 5.92 Å². The monoisotopic (exact) mass is 187 g/mol. The third kappa shape index (κ3) is 2.10. The summed E-state index contributed by atoms with van der Waals surface area (Å²) in [6, 6.07) is 9.55. The van der Waals surface area contributed by atoms with Crippen molar-refractivity contribution >= 4 is 5.91 Å². The number of primary amides is 1. The molecule has 0 saturated heterocycles. The van der Waals surface area contributed by atoms with Crippen LogP contribution in [0.4, 0.5) is 0 Å². The average Bonchev–Trinajstić information content (AvgIpc) is 2.20. The molecule has 0 aliphatic heterocycles. The van der Waals surface area contributed by atoms with Gasteiger partial charge in [-0.05, 0) is 5.56 Å². The Morgan fingerprint density at radius 2 is 1.93 bits per heavy atom. The van der Waals surface area contributed by atoms with Gasteiger partial charge in [-0.25, -0.2) is 0 Å². The van der Waals surface area contributed by atoms with Gasteiger partial charge >= 0.3 is 0 Å². The maximum atomic E-state index is 10.9. The molecule has 0 heterocycles. The molecule has 2 heteroatoms. The van der Waals surface area contributed by atoms with Crippen molar-refractivity contribution in [3.05, 3.63) is 60.7 Å². The quantitative estimate of drug-likeness (QED) is 0.568. The van der Waals surface area contributed by atoms with Crippen LogP contribution in [-0.4, -0.2) is 5.91 Å². The van der Waals surface area contributed by atoms with Crippen molar-refractivity contribution in [1.82, 2.24) is 0 Å². The molecule has 0 spiro atoms. The standard InChI is InChI=1S/C12H13NO/c1-3-11(9(2)12(13)14)10-7-5-4-6-8-10/h3-8,11H,1-2H2,(H2,13,14). The van der Waals surface area contributed by atoms with Crippen LogP contribution in [0.2, 0.25) is 0 Å². The molecule has 0 aliphatic rings. The predicted molar refractivity (Wildman–Crippen MR) is 57.7 cm³/mol. The maximum Gasteiger partial charge on any atom is 0.244 e. The van der Waals surface area contributed by atoms with Gasteiger partial charge in [0.25, 0.3) is 0 Å². The lowest BCUT2D eigenvalue weighted by Gasteiger charge is -2.12. The van der Waals surface area contributed by atoms with Crippen molar-refractivity contribution in [3.63, 3.8) is 0 Å². The average molecular weight is 187 g/mol. The lowest BCUT2D eigenvalue weighted by atomic mass is 9.92. The molecular formula is C12H13NO. The molecular weight excluding hydrogens is 174 g/mol. The summed E-state index contributed by atoms with van der Waals surface area (Å²) in [5.41, 5.74) is 6.51. The zero-order chi connectivity index (χ0) is 10.6. The summed E-state index contributed by atoms with van der Waals surface area (Å²) in [6.45, 7) is 7.33. The highest BCUT2D eigenvalue weighted by Crippen LogP contribution is 2.23. The van der Waals surface area contributed by atoms with E-state index in [9.17, 15) is 4.79 Å². The third-order valence-corrected chi connectivity index (χ3v) is 2.09. The first-order valence-electron chi connectivity index (χ1n) is 4.33. The normalized spacial score (nSPS) is 11.7. The van der Waals surface area contributed by atoms with E-state index in [1.165, 1.54) is 0 Å². The van der Waals surface area contributed by atoms with Gasteiger partial charge in [-0.15, -0.1) is 6.58 Å². The van der Waals surface area contributed by atoms with Crippen LogP contribution in [0.15, 0.2) is 55.1 Å². The van der Waals surface area contributed by atoms with Crippen LogP contribution >= 0.6 is 0 Å². The SMILES string of the molecule is C=CC(C(=C)C(N)=O)c1ccccc1. The van der Waals surface area contributed by atoms with Crippen LogP contribution in [0.25, 0.3) is 0 Å². The smallest absolute Gasteiger partial charge is 0.244 e. The molecule has 0 saturated carbocycles. The topological polar surface area (TPSA) is 43.1 Å². The molecule has 0 aliphatic carbocycles. The van der Waals surface area contributed by atoms with Crippen LogP contribution in [0.3, 0.4) is 0 Å². The summed E-state index contributed by atoms with van der Waals surface area (Å²) in [7, 11) is 0. The van der Waals surface area contributed by atoms with Crippen LogP contribution in [0.1, 0.15) is 11.5 Å². The molecule has 1 unspecified atom stereocenters. The number of hydrogen-bond acceptors (Lipinski definition) is 1. The Morgan fingerprint density at radius 3 is 2.36 bits per heavy atom. The first-order chi connectivity index (χ1) is 6.66. The zero-order valence-electron chi connectivity index (χ0n) is 7.94. The van der Waals surface area contributed by atoms with Gasteiger partial charge in [-0.3, -0.25) is 4.79 Å². The van der Waals surface area contributed by atoms with Gasteiger partial charge in [0.1, 0.15) is 0 Å². The minimum absolute atomic E-state index is 0.186. The molecule has 1 aromatic rings. The molecule has 2 nitrogen and oxygen atoms in total. The van der Waals surface area contributed by atoms with Gasteiger partial charge in [0.2, 0.25) is 5.91 Å². The Hall–Kier alpha value is -1.83. The van der Waals surface area contributed by atoms with Gasteiger partial charge in [0.15, 0.2) is 0 Å². The Morgan fingerprint density at radius 1 is 1.36 bits per heavy atom. The second-order valence-electron chi connectivity index (χ2n) is 3.01. The summed E-state index contributed by atoms with van der Waals surface area (Å²) in [5, 5.41) is 0. The molecule has 1 atom stereocenters. The summed E-state index contributed by atoms with van der Waals surface area (Å²) >= 11 is 0. The van der Waals surface area contributed by atoms with Gasteiger partial charge in [0.05, 0.1) is 0 Å². The van der Waals surface area contributed by atoms with Gasteiger partial charge in [-0.2, -0.15) is 0 Å². The minimum atomic E-state index is -0.487. The first kappa shape index (κ1) is 10.3. The first-order valence-corrected chi connectivity index (χ1v) is 4.33. The Balaban J connectivity index is 2.99. The highest BCUT2D eigenvalue weighted by molar-refractivity contribution is 5.93. The van der Waals surface area contributed by atoms with E-state index in [0.29, 0.717) is 5.57 Å². The number of rotatable bonds is 4. The third-order valence-electron chi connectivity index (χ3n) is 2.09. The van der Waals surface area contributed by atoms with E-state index in [4.69, 9.17) is 5.73 Å². The number of benzene rings is 1. The van der Waals surface area contributed by atoms with E-state index in [2.05, 4.69) is 13.2 Å². The van der Waals surface area contributed by atoms with Crippen molar-refractivity contribution in [2.45, 2.75) is 5.92 Å². The second kappa shape index (κ2) is 4.42. The van der Waals surface area contributed by atoms with Gasteiger partial charge in [0, 0.05) is 11.5 Å². The number of carbonyl (C=O) groups is 1. The Kier molecular flexibility index (Phi) is 3.24. The number of amides is 1.